The van der Waals surface area contributed by atoms with Gasteiger partial charge < -0.3 is 14.4 Å². The third-order valence-electron chi connectivity index (χ3n) is 4.98. The zero-order valence-corrected chi connectivity index (χ0v) is 19.6. The molecule has 1 aliphatic carbocycles. The number of rotatable bonds is 6. The van der Waals surface area contributed by atoms with Gasteiger partial charge in [-0.25, -0.2) is 4.79 Å². The van der Waals surface area contributed by atoms with Gasteiger partial charge in [0.05, 0.1) is 19.8 Å². The Kier molecular flexibility index (Phi) is 9.19. The summed E-state index contributed by atoms with van der Waals surface area (Å²) < 4.78 is 10.9. The first-order chi connectivity index (χ1) is 13.8. The van der Waals surface area contributed by atoms with Crippen LogP contribution in [0.25, 0.3) is 0 Å². The molecule has 29 heavy (non-hydrogen) atoms. The number of hydrogen-bond donors (Lipinski definition) is 0. The predicted molar refractivity (Wildman–Crippen MR) is 122 cm³/mol. The smallest absolute Gasteiger partial charge is 0.348 e. The second kappa shape index (κ2) is 11.1. The Labute approximate surface area is 183 Å². The van der Waals surface area contributed by atoms with Crippen molar-refractivity contribution in [3.8, 4) is 6.07 Å². The van der Waals surface area contributed by atoms with Crippen LogP contribution in [0.15, 0.2) is 35.1 Å². The van der Waals surface area contributed by atoms with Crippen LogP contribution in [0.1, 0.15) is 26.7 Å². The van der Waals surface area contributed by atoms with Crippen molar-refractivity contribution in [3.05, 3.63) is 35.1 Å². The highest BCUT2D eigenvalue weighted by molar-refractivity contribution is 8.01. The summed E-state index contributed by atoms with van der Waals surface area (Å²) in [5.41, 5.74) is 3.26. The van der Waals surface area contributed by atoms with Crippen molar-refractivity contribution >= 4 is 29.5 Å². The van der Waals surface area contributed by atoms with Gasteiger partial charge in [0.25, 0.3) is 0 Å². The largest absolute Gasteiger partial charge is 0.465 e. The number of ether oxygens (including phenoxy) is 2. The molecule has 0 amide bonds. The van der Waals surface area contributed by atoms with Gasteiger partial charge in [-0.2, -0.15) is 28.8 Å². The Bertz CT molecular complexity index is 710. The van der Waals surface area contributed by atoms with Crippen LogP contribution in [0, 0.1) is 16.7 Å². The van der Waals surface area contributed by atoms with Crippen molar-refractivity contribution < 1.29 is 14.3 Å². The molecule has 0 aromatic heterocycles. The number of carbonyl (C=O) groups excluding carboxylic acids is 1. The molecule has 5 nitrogen and oxygen atoms in total. The predicted octanol–water partition coefficient (Wildman–Crippen LogP) is 4.04. The maximum absolute atomic E-state index is 12.0. The molecule has 0 unspecified atom stereocenters. The summed E-state index contributed by atoms with van der Waals surface area (Å²) in [6, 6.07) is 2.03. The van der Waals surface area contributed by atoms with Crippen molar-refractivity contribution in [2.75, 3.05) is 50.3 Å². The molecule has 0 spiro atoms. The first-order valence-electron chi connectivity index (χ1n) is 9.82. The minimum absolute atomic E-state index is 0.0279. The number of hydrogen-bond acceptors (Lipinski definition) is 7. The maximum atomic E-state index is 12.0. The number of esters is 1. The first kappa shape index (κ1) is 23.9. The number of nitriles is 1. The molecular formula is C22H32N2O3S2. The molecule has 1 fully saturated rings. The number of thioether (sulfide) groups is 2. The number of carbonyl (C=O) groups is 1. The molecule has 1 heterocycles. The highest BCUT2D eigenvalue weighted by atomic mass is 32.2. The Balaban J connectivity index is 2.00. The standard InChI is InChI=1S/C22H32N2O3S2/c1-16-12-28-14-19(15-29-13-16)27-7-6-24(4)18-8-17(9-22(2,3)10-18)20(11-23)21(25)26-5/h8,19H,1,6-7,9-10,12-15H2,2-5H3. The van der Waals surface area contributed by atoms with Gasteiger partial charge in [0.15, 0.2) is 0 Å². The van der Waals surface area contributed by atoms with Crippen LogP contribution < -0.4 is 0 Å². The van der Waals surface area contributed by atoms with E-state index >= 15 is 0 Å². The van der Waals surface area contributed by atoms with Gasteiger partial charge in [-0.15, -0.1) is 0 Å². The second-order valence-corrected chi connectivity index (χ2v) is 10.4. The number of allylic oxidation sites excluding steroid dienone is 3. The van der Waals surface area contributed by atoms with Crippen molar-refractivity contribution in [1.82, 2.24) is 4.90 Å². The number of methoxy groups -OCH3 is 1. The lowest BCUT2D eigenvalue weighted by atomic mass is 9.75. The van der Waals surface area contributed by atoms with Gasteiger partial charge >= 0.3 is 5.97 Å². The summed E-state index contributed by atoms with van der Waals surface area (Å²) in [6.07, 6.45) is 3.82. The first-order valence-corrected chi connectivity index (χ1v) is 12.1. The van der Waals surface area contributed by atoms with E-state index in [1.165, 1.54) is 12.7 Å². The molecule has 1 aliphatic heterocycles. The molecule has 7 heteroatoms. The average Bonchev–Trinajstić information content (AvgIpc) is 2.64. The maximum Gasteiger partial charge on any atom is 0.348 e. The second-order valence-electron chi connectivity index (χ2n) is 8.35. The monoisotopic (exact) mass is 436 g/mol. The van der Waals surface area contributed by atoms with E-state index in [4.69, 9.17) is 9.47 Å². The van der Waals surface area contributed by atoms with E-state index in [0.717, 1.165) is 47.2 Å². The molecule has 0 radical (unpaired) electrons. The van der Waals surface area contributed by atoms with Gasteiger partial charge in [-0.3, -0.25) is 0 Å². The van der Waals surface area contributed by atoms with Crippen LogP contribution in [-0.2, 0) is 14.3 Å². The Morgan fingerprint density at radius 1 is 1.34 bits per heavy atom. The quantitative estimate of drug-likeness (QED) is 0.269. The van der Waals surface area contributed by atoms with Crippen LogP contribution in [0.5, 0.6) is 0 Å². The van der Waals surface area contributed by atoms with Crippen molar-refractivity contribution in [3.63, 3.8) is 0 Å². The lowest BCUT2D eigenvalue weighted by Gasteiger charge is -2.36. The zero-order chi connectivity index (χ0) is 21.4. The normalized spacial score (nSPS) is 22.0. The van der Waals surface area contributed by atoms with E-state index in [0.29, 0.717) is 13.0 Å². The fourth-order valence-electron chi connectivity index (χ4n) is 3.48. The summed E-state index contributed by atoms with van der Waals surface area (Å²) in [4.78, 5) is 14.2. The van der Waals surface area contributed by atoms with Crippen LogP contribution in [-0.4, -0.2) is 67.3 Å². The Hall–Kier alpha value is -1.36. The van der Waals surface area contributed by atoms with Crippen molar-refractivity contribution in [2.24, 2.45) is 5.41 Å². The van der Waals surface area contributed by atoms with Gasteiger partial charge in [0.2, 0.25) is 0 Å². The molecule has 0 aromatic rings. The average molecular weight is 437 g/mol. The fraction of sp³-hybridized carbons (Fsp3) is 0.636. The Morgan fingerprint density at radius 2 is 2.00 bits per heavy atom. The molecule has 2 rings (SSSR count). The van der Waals surface area contributed by atoms with Crippen molar-refractivity contribution in [2.45, 2.75) is 32.8 Å². The minimum Gasteiger partial charge on any atom is -0.465 e. The van der Waals surface area contributed by atoms with E-state index in [-0.39, 0.29) is 17.1 Å². The molecule has 0 saturated carbocycles. The molecular weight excluding hydrogens is 404 g/mol. The summed E-state index contributed by atoms with van der Waals surface area (Å²) >= 11 is 3.80. The number of likely N-dealkylation sites (N-methyl/N-ethyl adjacent to an activating group) is 1. The van der Waals surface area contributed by atoms with Crippen LogP contribution in [0.4, 0.5) is 0 Å². The summed E-state index contributed by atoms with van der Waals surface area (Å²) in [7, 11) is 3.36. The lowest BCUT2D eigenvalue weighted by molar-refractivity contribution is -0.135. The van der Waals surface area contributed by atoms with E-state index in [2.05, 4.69) is 25.3 Å². The highest BCUT2D eigenvalue weighted by Crippen LogP contribution is 2.40. The molecule has 1 saturated heterocycles. The summed E-state index contributed by atoms with van der Waals surface area (Å²) in [6.45, 7) is 9.83. The van der Waals surface area contributed by atoms with Gasteiger partial charge in [-0.1, -0.05) is 26.0 Å². The summed E-state index contributed by atoms with van der Waals surface area (Å²) in [5.74, 6) is 3.48. The highest BCUT2D eigenvalue weighted by Gasteiger charge is 2.30. The molecule has 160 valence electrons. The van der Waals surface area contributed by atoms with Gasteiger partial charge in [0.1, 0.15) is 11.6 Å². The van der Waals surface area contributed by atoms with Gasteiger partial charge in [0, 0.05) is 42.3 Å². The van der Waals surface area contributed by atoms with Gasteiger partial charge in [-0.05, 0) is 29.9 Å². The van der Waals surface area contributed by atoms with Crippen LogP contribution in [0.2, 0.25) is 0 Å². The molecule has 0 atom stereocenters. The SMILES string of the molecule is C=C1CSCC(OCCN(C)C2=CC(=C(C#N)C(=O)OC)CC(C)(C)C2)CSC1. The third-order valence-corrected chi connectivity index (χ3v) is 7.42. The fourth-order valence-corrected chi connectivity index (χ4v) is 5.73. The van der Waals surface area contributed by atoms with E-state index < -0.39 is 5.97 Å². The molecule has 0 N–H and O–H groups in total. The van der Waals surface area contributed by atoms with E-state index in [1.807, 2.05) is 42.7 Å². The molecule has 0 aromatic carbocycles. The van der Waals surface area contributed by atoms with Crippen LogP contribution in [0.3, 0.4) is 0 Å². The third kappa shape index (κ3) is 7.44. The minimum atomic E-state index is -0.566. The topological polar surface area (TPSA) is 62.6 Å². The Morgan fingerprint density at radius 3 is 2.59 bits per heavy atom. The van der Waals surface area contributed by atoms with E-state index in [9.17, 15) is 10.1 Å². The number of nitrogens with zero attached hydrogens (tertiary/aromatic N) is 2. The zero-order valence-electron chi connectivity index (χ0n) is 18.0. The lowest BCUT2D eigenvalue weighted by Crippen LogP contribution is -2.31. The molecule has 0 bridgehead atoms. The van der Waals surface area contributed by atoms with E-state index in [1.54, 1.807) is 0 Å². The molecule has 2 aliphatic rings. The summed E-state index contributed by atoms with van der Waals surface area (Å²) in [5, 5.41) is 9.44. The van der Waals surface area contributed by atoms with Crippen molar-refractivity contribution in [1.29, 1.82) is 5.26 Å². The van der Waals surface area contributed by atoms with Crippen LogP contribution >= 0.6 is 23.5 Å².